The van der Waals surface area contributed by atoms with E-state index in [0.29, 0.717) is 5.56 Å². The van der Waals surface area contributed by atoms with E-state index in [-0.39, 0.29) is 12.1 Å². The summed E-state index contributed by atoms with van der Waals surface area (Å²) in [5, 5.41) is 3.47. The number of rotatable bonds is 3. The van der Waals surface area contributed by atoms with Crippen LogP contribution in [0.3, 0.4) is 0 Å². The number of pyridine rings is 1. The third kappa shape index (κ3) is 2.81. The van der Waals surface area contributed by atoms with E-state index in [9.17, 15) is 4.79 Å². The van der Waals surface area contributed by atoms with Crippen LogP contribution in [-0.4, -0.2) is 10.9 Å². The molecule has 0 spiro atoms. The van der Waals surface area contributed by atoms with Crippen molar-refractivity contribution in [2.75, 3.05) is 10.2 Å². The van der Waals surface area contributed by atoms with Gasteiger partial charge >= 0.3 is 0 Å². The van der Waals surface area contributed by atoms with Gasteiger partial charge < -0.3 is 5.32 Å². The molecule has 0 fully saturated rings. The van der Waals surface area contributed by atoms with Crippen LogP contribution in [0.15, 0.2) is 71.3 Å². The molecule has 5 heteroatoms. The van der Waals surface area contributed by atoms with Gasteiger partial charge in [-0.05, 0) is 55.0 Å². The SMILES string of the molecule is Cc1cc(NC2c3ncccc3C(=O)N2c2ccccc2)ccc1Br. The lowest BCUT2D eigenvalue weighted by atomic mass is 10.2. The first-order valence-corrected chi connectivity index (χ1v) is 8.80. The van der Waals surface area contributed by atoms with E-state index < -0.39 is 0 Å². The fourth-order valence-electron chi connectivity index (χ4n) is 3.07. The molecule has 0 bridgehead atoms. The van der Waals surface area contributed by atoms with Crippen molar-refractivity contribution in [1.29, 1.82) is 0 Å². The minimum Gasteiger partial charge on any atom is -0.360 e. The second-order valence-electron chi connectivity index (χ2n) is 5.96. The van der Waals surface area contributed by atoms with Crippen molar-refractivity contribution in [2.24, 2.45) is 0 Å². The van der Waals surface area contributed by atoms with E-state index >= 15 is 0 Å². The molecular formula is C20H16BrN3O. The van der Waals surface area contributed by atoms with Crippen LogP contribution in [0.1, 0.15) is 27.8 Å². The van der Waals surface area contributed by atoms with E-state index in [2.05, 4.69) is 32.3 Å². The highest BCUT2D eigenvalue weighted by molar-refractivity contribution is 9.10. The topological polar surface area (TPSA) is 45.2 Å². The number of hydrogen-bond donors (Lipinski definition) is 1. The van der Waals surface area contributed by atoms with Crippen LogP contribution in [-0.2, 0) is 0 Å². The van der Waals surface area contributed by atoms with Crippen molar-refractivity contribution in [3.63, 3.8) is 0 Å². The highest BCUT2D eigenvalue weighted by atomic mass is 79.9. The number of aromatic nitrogens is 1. The van der Waals surface area contributed by atoms with Crippen LogP contribution in [0.2, 0.25) is 0 Å². The number of benzene rings is 2. The predicted molar refractivity (Wildman–Crippen MR) is 103 cm³/mol. The number of amides is 1. The average molecular weight is 394 g/mol. The van der Waals surface area contributed by atoms with Crippen LogP contribution in [0.4, 0.5) is 11.4 Å². The zero-order valence-electron chi connectivity index (χ0n) is 13.6. The minimum atomic E-state index is -0.341. The normalized spacial score (nSPS) is 16.0. The smallest absolute Gasteiger partial charge is 0.262 e. The fraction of sp³-hybridized carbons (Fsp3) is 0.100. The molecule has 0 saturated carbocycles. The molecule has 25 heavy (non-hydrogen) atoms. The number of halogens is 1. The van der Waals surface area contributed by atoms with Gasteiger partial charge in [0, 0.05) is 22.0 Å². The summed E-state index contributed by atoms with van der Waals surface area (Å²) in [7, 11) is 0. The Morgan fingerprint density at radius 1 is 1.08 bits per heavy atom. The molecule has 1 unspecified atom stereocenters. The summed E-state index contributed by atoms with van der Waals surface area (Å²) in [4.78, 5) is 19.2. The third-order valence-electron chi connectivity index (χ3n) is 4.30. The van der Waals surface area contributed by atoms with Crippen molar-refractivity contribution in [3.05, 3.63) is 88.2 Å². The lowest BCUT2D eigenvalue weighted by Crippen LogP contribution is -2.32. The molecule has 1 aliphatic rings. The largest absolute Gasteiger partial charge is 0.360 e. The summed E-state index contributed by atoms with van der Waals surface area (Å²) in [5.74, 6) is -0.0411. The lowest BCUT2D eigenvalue weighted by molar-refractivity contribution is 0.0993. The lowest BCUT2D eigenvalue weighted by Gasteiger charge is -2.26. The van der Waals surface area contributed by atoms with Crippen LogP contribution in [0.5, 0.6) is 0 Å². The van der Waals surface area contributed by atoms with Crippen molar-refractivity contribution in [3.8, 4) is 0 Å². The predicted octanol–water partition coefficient (Wildman–Crippen LogP) is 4.92. The fourth-order valence-corrected chi connectivity index (χ4v) is 3.31. The monoisotopic (exact) mass is 393 g/mol. The van der Waals surface area contributed by atoms with E-state index in [1.54, 1.807) is 17.2 Å². The zero-order valence-corrected chi connectivity index (χ0v) is 15.2. The molecule has 0 radical (unpaired) electrons. The highest BCUT2D eigenvalue weighted by Crippen LogP contribution is 2.37. The molecule has 2 heterocycles. The first-order chi connectivity index (χ1) is 12.1. The molecule has 4 nitrogen and oxygen atoms in total. The van der Waals surface area contributed by atoms with Gasteiger partial charge in [-0.25, -0.2) is 0 Å². The summed E-state index contributed by atoms with van der Waals surface area (Å²) >= 11 is 3.52. The maximum absolute atomic E-state index is 13.0. The maximum Gasteiger partial charge on any atom is 0.262 e. The maximum atomic E-state index is 13.0. The first kappa shape index (κ1) is 15.8. The Morgan fingerprint density at radius 3 is 2.64 bits per heavy atom. The zero-order chi connectivity index (χ0) is 17.4. The molecule has 1 aromatic heterocycles. The molecule has 0 aliphatic carbocycles. The summed E-state index contributed by atoms with van der Waals surface area (Å²) in [6.07, 6.45) is 1.38. The molecule has 2 aromatic carbocycles. The number of hydrogen-bond acceptors (Lipinski definition) is 3. The van der Waals surface area contributed by atoms with Crippen molar-refractivity contribution in [2.45, 2.75) is 13.1 Å². The Labute approximate surface area is 154 Å². The molecule has 4 rings (SSSR count). The second-order valence-corrected chi connectivity index (χ2v) is 6.81. The van der Waals surface area contributed by atoms with E-state index in [4.69, 9.17) is 0 Å². The molecule has 0 saturated heterocycles. The van der Waals surface area contributed by atoms with Crippen molar-refractivity contribution < 1.29 is 4.79 Å². The molecule has 3 aromatic rings. The van der Waals surface area contributed by atoms with E-state index in [0.717, 1.165) is 27.1 Å². The van der Waals surface area contributed by atoms with Gasteiger partial charge in [0.05, 0.1) is 11.3 Å². The van der Waals surface area contributed by atoms with Gasteiger partial charge in [-0.3, -0.25) is 14.7 Å². The third-order valence-corrected chi connectivity index (χ3v) is 5.19. The summed E-state index contributed by atoms with van der Waals surface area (Å²) in [6, 6.07) is 19.3. The number of fused-ring (bicyclic) bond motifs is 1. The minimum absolute atomic E-state index is 0.0411. The summed E-state index contributed by atoms with van der Waals surface area (Å²) in [5.41, 5.74) is 4.30. The van der Waals surface area contributed by atoms with Gasteiger partial charge in [0.2, 0.25) is 0 Å². The molecule has 1 aliphatic heterocycles. The Hall–Kier alpha value is -2.66. The standard InChI is InChI=1S/C20H16BrN3O/c1-13-12-14(9-10-17(13)21)23-19-18-16(8-5-11-22-18)20(25)24(19)15-6-3-2-4-7-15/h2-12,19,23H,1H3. The molecule has 1 N–H and O–H groups in total. The van der Waals surface area contributed by atoms with E-state index in [1.165, 1.54) is 0 Å². The Bertz CT molecular complexity index is 943. The van der Waals surface area contributed by atoms with Crippen LogP contribution >= 0.6 is 15.9 Å². The highest BCUT2D eigenvalue weighted by Gasteiger charge is 2.38. The number of anilines is 2. The van der Waals surface area contributed by atoms with Gasteiger partial charge in [-0.15, -0.1) is 0 Å². The van der Waals surface area contributed by atoms with Gasteiger partial charge in [0.15, 0.2) is 6.17 Å². The van der Waals surface area contributed by atoms with Crippen LogP contribution in [0.25, 0.3) is 0 Å². The molecule has 124 valence electrons. The number of para-hydroxylation sites is 1. The summed E-state index contributed by atoms with van der Waals surface area (Å²) in [6.45, 7) is 2.04. The van der Waals surface area contributed by atoms with Crippen molar-refractivity contribution >= 4 is 33.2 Å². The first-order valence-electron chi connectivity index (χ1n) is 8.01. The Morgan fingerprint density at radius 2 is 1.88 bits per heavy atom. The van der Waals surface area contributed by atoms with Gasteiger partial charge in [-0.2, -0.15) is 0 Å². The van der Waals surface area contributed by atoms with Gasteiger partial charge in [0.25, 0.3) is 5.91 Å². The number of carbonyl (C=O) groups is 1. The van der Waals surface area contributed by atoms with Crippen molar-refractivity contribution in [1.82, 2.24) is 4.98 Å². The number of nitrogens with one attached hydrogen (secondary N) is 1. The second kappa shape index (κ2) is 6.33. The summed E-state index contributed by atoms with van der Waals surface area (Å²) < 4.78 is 1.05. The van der Waals surface area contributed by atoms with Gasteiger partial charge in [0.1, 0.15) is 0 Å². The Kier molecular flexibility index (Phi) is 4.01. The van der Waals surface area contributed by atoms with Crippen LogP contribution < -0.4 is 10.2 Å². The number of nitrogens with zero attached hydrogens (tertiary/aromatic N) is 2. The Balaban J connectivity index is 1.78. The molecular weight excluding hydrogens is 378 g/mol. The molecule has 1 atom stereocenters. The van der Waals surface area contributed by atoms with Crippen LogP contribution in [0, 0.1) is 6.92 Å². The number of aryl methyl sites for hydroxylation is 1. The van der Waals surface area contributed by atoms with Gasteiger partial charge in [-0.1, -0.05) is 34.1 Å². The quantitative estimate of drug-likeness (QED) is 0.686. The van der Waals surface area contributed by atoms with E-state index in [1.807, 2.05) is 55.5 Å². The average Bonchev–Trinajstić information content (AvgIpc) is 2.91. The molecule has 1 amide bonds. The number of carbonyl (C=O) groups excluding carboxylic acids is 1.